The van der Waals surface area contributed by atoms with Crippen LogP contribution in [-0.2, 0) is 6.42 Å². The molecular weight excluding hydrogens is 272 g/mol. The van der Waals surface area contributed by atoms with E-state index in [1.807, 2.05) is 18.2 Å². The number of aliphatic imine (C=N–C) groups is 1. The number of aromatic nitrogens is 1. The number of guanidine groups is 1. The molecule has 1 fully saturated rings. The van der Waals surface area contributed by atoms with Crippen LogP contribution in [0.15, 0.2) is 59.7 Å². The zero-order valence-electron chi connectivity index (χ0n) is 12.7. The summed E-state index contributed by atoms with van der Waals surface area (Å²) in [6.45, 7) is 0.771. The average molecular weight is 294 g/mol. The third-order valence-corrected chi connectivity index (χ3v) is 4.34. The van der Waals surface area contributed by atoms with Crippen LogP contribution in [-0.4, -0.2) is 17.5 Å². The summed E-state index contributed by atoms with van der Waals surface area (Å²) in [5.41, 5.74) is 7.64. The Bertz CT molecular complexity index is 618. The Hall–Kier alpha value is -2.36. The van der Waals surface area contributed by atoms with Gasteiger partial charge in [-0.1, -0.05) is 42.8 Å². The van der Waals surface area contributed by atoms with Crippen LogP contribution in [0.5, 0.6) is 0 Å². The van der Waals surface area contributed by atoms with E-state index in [9.17, 15) is 0 Å². The van der Waals surface area contributed by atoms with Crippen molar-refractivity contribution in [1.29, 1.82) is 0 Å². The number of rotatable bonds is 5. The first-order valence-corrected chi connectivity index (χ1v) is 7.78. The Morgan fingerprint density at radius 3 is 2.55 bits per heavy atom. The van der Waals surface area contributed by atoms with E-state index >= 15 is 0 Å². The molecular formula is C18H22N4. The molecule has 0 saturated heterocycles. The Morgan fingerprint density at radius 1 is 1.14 bits per heavy atom. The predicted octanol–water partition coefficient (Wildman–Crippen LogP) is 3.22. The van der Waals surface area contributed by atoms with Gasteiger partial charge in [0.05, 0.1) is 0 Å². The summed E-state index contributed by atoms with van der Waals surface area (Å²) in [6.07, 6.45) is 6.55. The summed E-state index contributed by atoms with van der Waals surface area (Å²) >= 11 is 0. The second kappa shape index (κ2) is 6.60. The maximum Gasteiger partial charge on any atom is 0.194 e. The van der Waals surface area contributed by atoms with E-state index < -0.39 is 0 Å². The van der Waals surface area contributed by atoms with Crippen molar-refractivity contribution in [2.45, 2.75) is 25.7 Å². The van der Waals surface area contributed by atoms with Gasteiger partial charge < -0.3 is 11.1 Å². The van der Waals surface area contributed by atoms with Gasteiger partial charge in [-0.2, -0.15) is 0 Å². The van der Waals surface area contributed by atoms with Crippen LogP contribution in [0.4, 0.5) is 5.82 Å². The Kier molecular flexibility index (Phi) is 4.37. The molecule has 0 spiro atoms. The average Bonchev–Trinajstić information content (AvgIpc) is 2.52. The molecule has 1 aromatic carbocycles. The predicted molar refractivity (Wildman–Crippen MR) is 90.8 cm³/mol. The van der Waals surface area contributed by atoms with E-state index in [-0.39, 0.29) is 5.41 Å². The summed E-state index contributed by atoms with van der Waals surface area (Å²) in [5, 5.41) is 3.04. The SMILES string of the molecule is NC(=NCC1(Cc2ccccc2)CCC1)Nc1ccccn1. The first-order chi connectivity index (χ1) is 10.8. The molecule has 2 aromatic rings. The lowest BCUT2D eigenvalue weighted by Crippen LogP contribution is -2.36. The van der Waals surface area contributed by atoms with Crippen LogP contribution in [0.25, 0.3) is 0 Å². The first kappa shape index (κ1) is 14.6. The van der Waals surface area contributed by atoms with Gasteiger partial charge in [-0.25, -0.2) is 4.98 Å². The molecule has 4 heteroatoms. The standard InChI is InChI=1S/C18H22N4/c19-17(22-16-9-4-5-12-20-16)21-14-18(10-6-11-18)13-15-7-2-1-3-8-15/h1-5,7-9,12H,6,10-11,13-14H2,(H3,19,20,21,22). The lowest BCUT2D eigenvalue weighted by Gasteiger charge is -2.41. The molecule has 0 atom stereocenters. The van der Waals surface area contributed by atoms with E-state index in [0.29, 0.717) is 5.96 Å². The van der Waals surface area contributed by atoms with Crippen molar-refractivity contribution in [3.05, 3.63) is 60.3 Å². The summed E-state index contributed by atoms with van der Waals surface area (Å²) in [5.74, 6) is 1.17. The molecule has 1 aliphatic carbocycles. The lowest BCUT2D eigenvalue weighted by atomic mass is 9.65. The van der Waals surface area contributed by atoms with Crippen molar-refractivity contribution in [2.75, 3.05) is 11.9 Å². The monoisotopic (exact) mass is 294 g/mol. The maximum absolute atomic E-state index is 5.98. The molecule has 1 aromatic heterocycles. The number of nitrogens with zero attached hydrogens (tertiary/aromatic N) is 2. The number of pyridine rings is 1. The summed E-state index contributed by atoms with van der Waals surface area (Å²) in [7, 11) is 0. The second-order valence-electron chi connectivity index (χ2n) is 6.06. The van der Waals surface area contributed by atoms with E-state index in [1.165, 1.54) is 24.8 Å². The van der Waals surface area contributed by atoms with Crippen LogP contribution < -0.4 is 11.1 Å². The molecule has 1 saturated carbocycles. The molecule has 4 nitrogen and oxygen atoms in total. The van der Waals surface area contributed by atoms with Gasteiger partial charge in [0, 0.05) is 12.7 Å². The van der Waals surface area contributed by atoms with Crippen LogP contribution in [0.2, 0.25) is 0 Å². The van der Waals surface area contributed by atoms with Gasteiger partial charge in [0.25, 0.3) is 0 Å². The van der Waals surface area contributed by atoms with Crippen LogP contribution >= 0.6 is 0 Å². The van der Waals surface area contributed by atoms with Crippen LogP contribution in [0.1, 0.15) is 24.8 Å². The fourth-order valence-electron chi connectivity index (χ4n) is 2.96. The van der Waals surface area contributed by atoms with Gasteiger partial charge in [0.1, 0.15) is 5.82 Å². The van der Waals surface area contributed by atoms with Gasteiger partial charge in [-0.15, -0.1) is 0 Å². The highest BCUT2D eigenvalue weighted by atomic mass is 15.1. The van der Waals surface area contributed by atoms with E-state index in [0.717, 1.165) is 18.8 Å². The third kappa shape index (κ3) is 3.64. The van der Waals surface area contributed by atoms with Crippen molar-refractivity contribution < 1.29 is 0 Å². The molecule has 0 radical (unpaired) electrons. The number of anilines is 1. The largest absolute Gasteiger partial charge is 0.370 e. The van der Waals surface area contributed by atoms with Gasteiger partial charge >= 0.3 is 0 Å². The third-order valence-electron chi connectivity index (χ3n) is 4.34. The number of hydrogen-bond donors (Lipinski definition) is 2. The molecule has 0 unspecified atom stereocenters. The van der Waals surface area contributed by atoms with Crippen molar-refractivity contribution >= 4 is 11.8 Å². The number of nitrogens with two attached hydrogens (primary N) is 1. The van der Waals surface area contributed by atoms with Crippen molar-refractivity contribution in [2.24, 2.45) is 16.1 Å². The zero-order valence-corrected chi connectivity index (χ0v) is 12.7. The zero-order chi connectivity index (χ0) is 15.3. The summed E-state index contributed by atoms with van der Waals surface area (Å²) < 4.78 is 0. The summed E-state index contributed by atoms with van der Waals surface area (Å²) in [4.78, 5) is 8.75. The molecule has 3 rings (SSSR count). The smallest absolute Gasteiger partial charge is 0.194 e. The minimum Gasteiger partial charge on any atom is -0.370 e. The van der Waals surface area contributed by atoms with Gasteiger partial charge in [0.15, 0.2) is 5.96 Å². The van der Waals surface area contributed by atoms with Crippen molar-refractivity contribution in [1.82, 2.24) is 4.98 Å². The maximum atomic E-state index is 5.98. The first-order valence-electron chi connectivity index (χ1n) is 7.78. The van der Waals surface area contributed by atoms with Gasteiger partial charge in [-0.3, -0.25) is 4.99 Å². The Balaban J connectivity index is 1.61. The van der Waals surface area contributed by atoms with E-state index in [1.54, 1.807) is 6.20 Å². The Labute approximate surface area is 131 Å². The van der Waals surface area contributed by atoms with Crippen LogP contribution in [0, 0.1) is 5.41 Å². The van der Waals surface area contributed by atoms with E-state index in [4.69, 9.17) is 5.73 Å². The minimum absolute atomic E-state index is 0.276. The topological polar surface area (TPSA) is 63.3 Å². The highest BCUT2D eigenvalue weighted by molar-refractivity contribution is 5.91. The quantitative estimate of drug-likeness (QED) is 0.657. The lowest BCUT2D eigenvalue weighted by molar-refractivity contribution is 0.145. The van der Waals surface area contributed by atoms with Crippen LogP contribution in [0.3, 0.4) is 0 Å². The fraction of sp³-hybridized carbons (Fsp3) is 0.333. The Morgan fingerprint density at radius 2 is 1.91 bits per heavy atom. The van der Waals surface area contributed by atoms with E-state index in [2.05, 4.69) is 45.6 Å². The number of benzene rings is 1. The number of nitrogens with one attached hydrogen (secondary N) is 1. The molecule has 1 aliphatic rings. The summed E-state index contributed by atoms with van der Waals surface area (Å²) in [6, 6.07) is 16.3. The molecule has 22 heavy (non-hydrogen) atoms. The van der Waals surface area contributed by atoms with Gasteiger partial charge in [0.2, 0.25) is 0 Å². The molecule has 0 bridgehead atoms. The normalized spacial score (nSPS) is 16.8. The molecule has 0 aliphatic heterocycles. The molecule has 3 N–H and O–H groups in total. The molecule has 1 heterocycles. The van der Waals surface area contributed by atoms with Gasteiger partial charge in [-0.05, 0) is 42.4 Å². The minimum atomic E-state index is 0.276. The highest BCUT2D eigenvalue weighted by Gasteiger charge is 2.36. The number of hydrogen-bond acceptors (Lipinski definition) is 2. The molecule has 0 amide bonds. The highest BCUT2D eigenvalue weighted by Crippen LogP contribution is 2.43. The fourth-order valence-corrected chi connectivity index (χ4v) is 2.96. The molecule has 114 valence electrons. The van der Waals surface area contributed by atoms with Crippen molar-refractivity contribution in [3.63, 3.8) is 0 Å². The second-order valence-corrected chi connectivity index (χ2v) is 6.06. The van der Waals surface area contributed by atoms with Crippen molar-refractivity contribution in [3.8, 4) is 0 Å².